The summed E-state index contributed by atoms with van der Waals surface area (Å²) < 4.78 is 0. The molecule has 0 aromatic heterocycles. The summed E-state index contributed by atoms with van der Waals surface area (Å²) in [5.74, 6) is -0.187. The molecule has 0 spiro atoms. The Morgan fingerprint density at radius 2 is 1.33 bits per heavy atom. The number of phenols is 1. The second kappa shape index (κ2) is 9.89. The molecule has 0 radical (unpaired) electrons. The number of hydrogen-bond acceptors (Lipinski definition) is 9. The Hall–Kier alpha value is -3.44. The standard InChI is InChI=1S/C8H10N2O4.C8H10N2O3/c1-5(11)9-7-3-2-6(12)4-8(7)10(13)14;1-6(11)9-7-4-2-3-5-8(7)10(12)13/h2-5,9,11-12H,1H3;2-6,9,11H,1H3. The van der Waals surface area contributed by atoms with Crippen molar-refractivity contribution in [1.29, 1.82) is 0 Å². The molecule has 0 bridgehead atoms. The lowest BCUT2D eigenvalue weighted by Crippen LogP contribution is -2.14. The predicted octanol–water partition coefficient (Wildman–Crippen LogP) is 2.40. The number of rotatable bonds is 6. The van der Waals surface area contributed by atoms with Crippen molar-refractivity contribution in [3.8, 4) is 5.75 Å². The van der Waals surface area contributed by atoms with Crippen molar-refractivity contribution >= 4 is 22.7 Å². The summed E-state index contributed by atoms with van der Waals surface area (Å²) in [5, 5.41) is 53.1. The van der Waals surface area contributed by atoms with E-state index in [1.807, 2.05) is 0 Å². The van der Waals surface area contributed by atoms with Gasteiger partial charge < -0.3 is 26.0 Å². The largest absolute Gasteiger partial charge is 0.508 e. The molecular weight excluding hydrogens is 360 g/mol. The normalized spacial score (nSPS) is 12.1. The Morgan fingerprint density at radius 1 is 0.852 bits per heavy atom. The Labute approximate surface area is 154 Å². The van der Waals surface area contributed by atoms with Gasteiger partial charge in [-0.1, -0.05) is 12.1 Å². The first kappa shape index (κ1) is 21.6. The zero-order valence-corrected chi connectivity index (χ0v) is 14.6. The van der Waals surface area contributed by atoms with Crippen LogP contribution in [-0.4, -0.2) is 37.6 Å². The molecule has 5 N–H and O–H groups in total. The van der Waals surface area contributed by atoms with Crippen molar-refractivity contribution in [2.75, 3.05) is 10.6 Å². The van der Waals surface area contributed by atoms with Crippen LogP contribution in [0.5, 0.6) is 5.75 Å². The Kier molecular flexibility index (Phi) is 7.91. The Bertz CT molecular complexity index is 796. The lowest BCUT2D eigenvalue weighted by Gasteiger charge is -2.09. The molecule has 0 saturated carbocycles. The molecule has 2 aromatic carbocycles. The van der Waals surface area contributed by atoms with Gasteiger partial charge in [-0.3, -0.25) is 20.2 Å². The number of aliphatic hydroxyl groups excluding tert-OH is 2. The van der Waals surface area contributed by atoms with Crippen LogP contribution in [0, 0.1) is 20.2 Å². The van der Waals surface area contributed by atoms with Gasteiger partial charge in [-0.2, -0.15) is 0 Å². The minimum Gasteiger partial charge on any atom is -0.508 e. The molecule has 0 saturated heterocycles. The van der Waals surface area contributed by atoms with Gasteiger partial charge in [0, 0.05) is 6.07 Å². The molecule has 146 valence electrons. The molecule has 0 fully saturated rings. The molecule has 2 atom stereocenters. The van der Waals surface area contributed by atoms with E-state index in [9.17, 15) is 20.2 Å². The molecule has 27 heavy (non-hydrogen) atoms. The third-order valence-electron chi connectivity index (χ3n) is 3.01. The quantitative estimate of drug-likeness (QED) is 0.218. The maximum Gasteiger partial charge on any atom is 0.296 e. The van der Waals surface area contributed by atoms with Crippen LogP contribution >= 0.6 is 0 Å². The summed E-state index contributed by atoms with van der Waals surface area (Å²) in [4.78, 5) is 19.9. The molecule has 11 nitrogen and oxygen atoms in total. The molecule has 0 heterocycles. The number of aromatic hydroxyl groups is 1. The van der Waals surface area contributed by atoms with Gasteiger partial charge in [-0.05, 0) is 32.0 Å². The first-order valence-corrected chi connectivity index (χ1v) is 7.71. The van der Waals surface area contributed by atoms with Gasteiger partial charge >= 0.3 is 0 Å². The average Bonchev–Trinajstić information content (AvgIpc) is 2.56. The van der Waals surface area contributed by atoms with Gasteiger partial charge in [-0.25, -0.2) is 0 Å². The minimum absolute atomic E-state index is 0.0385. The Balaban J connectivity index is 0.000000271. The van der Waals surface area contributed by atoms with E-state index in [-0.39, 0.29) is 22.8 Å². The fraction of sp³-hybridized carbons (Fsp3) is 0.250. The monoisotopic (exact) mass is 380 g/mol. The first-order chi connectivity index (χ1) is 12.6. The number of aliphatic hydroxyl groups is 2. The minimum atomic E-state index is -0.891. The van der Waals surface area contributed by atoms with Crippen LogP contribution in [0.25, 0.3) is 0 Å². The van der Waals surface area contributed by atoms with Crippen molar-refractivity contribution in [3.05, 3.63) is 62.7 Å². The fourth-order valence-corrected chi connectivity index (χ4v) is 2.00. The van der Waals surface area contributed by atoms with Crippen molar-refractivity contribution < 1.29 is 25.2 Å². The highest BCUT2D eigenvalue weighted by molar-refractivity contribution is 5.63. The number of phenolic OH excluding ortho intramolecular Hbond substituents is 1. The number of para-hydroxylation sites is 2. The van der Waals surface area contributed by atoms with Gasteiger partial charge in [0.1, 0.15) is 29.6 Å². The number of benzene rings is 2. The summed E-state index contributed by atoms with van der Waals surface area (Å²) in [7, 11) is 0. The van der Waals surface area contributed by atoms with E-state index in [4.69, 9.17) is 15.3 Å². The number of nitro groups is 2. The van der Waals surface area contributed by atoms with Crippen molar-refractivity contribution in [2.24, 2.45) is 0 Å². The van der Waals surface area contributed by atoms with E-state index < -0.39 is 22.3 Å². The molecule has 2 unspecified atom stereocenters. The van der Waals surface area contributed by atoms with Crippen LogP contribution in [-0.2, 0) is 0 Å². The third kappa shape index (κ3) is 7.13. The van der Waals surface area contributed by atoms with Crippen LogP contribution in [0.2, 0.25) is 0 Å². The van der Waals surface area contributed by atoms with Gasteiger partial charge in [0.05, 0.1) is 15.9 Å². The molecule has 11 heteroatoms. The highest BCUT2D eigenvalue weighted by Crippen LogP contribution is 2.28. The van der Waals surface area contributed by atoms with Crippen LogP contribution in [0.15, 0.2) is 42.5 Å². The summed E-state index contributed by atoms with van der Waals surface area (Å²) in [6.45, 7) is 2.94. The topological polar surface area (TPSA) is 171 Å². The maximum absolute atomic E-state index is 10.5. The maximum atomic E-state index is 10.5. The van der Waals surface area contributed by atoms with Crippen molar-refractivity contribution in [1.82, 2.24) is 0 Å². The highest BCUT2D eigenvalue weighted by atomic mass is 16.6. The number of nitrogens with zero attached hydrogens (tertiary/aromatic N) is 2. The zero-order valence-electron chi connectivity index (χ0n) is 14.6. The highest BCUT2D eigenvalue weighted by Gasteiger charge is 2.15. The summed E-state index contributed by atoms with van der Waals surface area (Å²) in [6.07, 6.45) is -1.70. The first-order valence-electron chi connectivity index (χ1n) is 7.71. The van der Waals surface area contributed by atoms with E-state index in [0.717, 1.165) is 6.07 Å². The number of nitro benzene ring substituents is 2. The molecule has 0 aliphatic carbocycles. The van der Waals surface area contributed by atoms with Gasteiger partial charge in [0.15, 0.2) is 0 Å². The summed E-state index contributed by atoms with van der Waals surface area (Å²) >= 11 is 0. The molecular formula is C16H20N4O7. The van der Waals surface area contributed by atoms with E-state index in [1.54, 1.807) is 18.2 Å². The van der Waals surface area contributed by atoms with Crippen LogP contribution in [0.3, 0.4) is 0 Å². The van der Waals surface area contributed by atoms with Gasteiger partial charge in [0.25, 0.3) is 11.4 Å². The molecule has 2 rings (SSSR count). The Morgan fingerprint density at radius 3 is 1.81 bits per heavy atom. The second-order valence-corrected chi connectivity index (χ2v) is 5.37. The lowest BCUT2D eigenvalue weighted by atomic mass is 10.2. The second-order valence-electron chi connectivity index (χ2n) is 5.37. The predicted molar refractivity (Wildman–Crippen MR) is 98.5 cm³/mol. The zero-order chi connectivity index (χ0) is 20.6. The molecule has 0 aliphatic heterocycles. The van der Waals surface area contributed by atoms with Gasteiger partial charge in [0.2, 0.25) is 0 Å². The molecule has 0 amide bonds. The van der Waals surface area contributed by atoms with Crippen molar-refractivity contribution in [2.45, 2.75) is 26.3 Å². The summed E-state index contributed by atoms with van der Waals surface area (Å²) in [6, 6.07) is 9.82. The van der Waals surface area contributed by atoms with Crippen molar-refractivity contribution in [3.63, 3.8) is 0 Å². The van der Waals surface area contributed by atoms with Gasteiger partial charge in [-0.15, -0.1) is 0 Å². The third-order valence-corrected chi connectivity index (χ3v) is 3.01. The number of hydrogen-bond donors (Lipinski definition) is 5. The van der Waals surface area contributed by atoms with Crippen LogP contribution in [0.1, 0.15) is 13.8 Å². The number of anilines is 2. The van der Waals surface area contributed by atoms with Crippen LogP contribution < -0.4 is 10.6 Å². The fourth-order valence-electron chi connectivity index (χ4n) is 2.00. The van der Waals surface area contributed by atoms with E-state index in [0.29, 0.717) is 5.69 Å². The van der Waals surface area contributed by atoms with E-state index in [2.05, 4.69) is 10.6 Å². The van der Waals surface area contributed by atoms with E-state index >= 15 is 0 Å². The average molecular weight is 380 g/mol. The van der Waals surface area contributed by atoms with Crippen LogP contribution in [0.4, 0.5) is 22.7 Å². The lowest BCUT2D eigenvalue weighted by molar-refractivity contribution is -0.384. The molecule has 0 aliphatic rings. The number of nitrogens with one attached hydrogen (secondary N) is 2. The molecule has 2 aromatic rings. The van der Waals surface area contributed by atoms with E-state index in [1.165, 1.54) is 32.0 Å². The smallest absolute Gasteiger partial charge is 0.296 e. The SMILES string of the molecule is CC(O)Nc1ccc(O)cc1[N+](=O)[O-].CC(O)Nc1ccccc1[N+](=O)[O-]. The summed E-state index contributed by atoms with van der Waals surface area (Å²) in [5.41, 5.74) is 0.180.